The number of aryl methyl sites for hydroxylation is 1. The lowest BCUT2D eigenvalue weighted by Crippen LogP contribution is -2.37. The molecule has 4 nitrogen and oxygen atoms in total. The molecule has 2 heterocycles. The number of nitrogens with zero attached hydrogens (tertiary/aromatic N) is 2. The predicted molar refractivity (Wildman–Crippen MR) is 111 cm³/mol. The number of aromatic nitrogens is 1. The summed E-state index contributed by atoms with van der Waals surface area (Å²) < 4.78 is 2.37. The molecule has 2 aromatic carbocycles. The van der Waals surface area contributed by atoms with Crippen LogP contribution in [0.3, 0.4) is 0 Å². The lowest BCUT2D eigenvalue weighted by molar-refractivity contribution is -0.136. The van der Waals surface area contributed by atoms with E-state index < -0.39 is 5.97 Å². The van der Waals surface area contributed by atoms with Crippen molar-refractivity contribution in [3.8, 4) is 11.1 Å². The molecule has 27 heavy (non-hydrogen) atoms. The lowest BCUT2D eigenvalue weighted by Gasteiger charge is -2.36. The highest BCUT2D eigenvalue weighted by Gasteiger charge is 2.30. The van der Waals surface area contributed by atoms with Crippen LogP contribution in [0.25, 0.3) is 22.0 Å². The Bertz CT molecular complexity index is 1070. The number of carboxylic acids is 1. The molecule has 5 heteroatoms. The summed E-state index contributed by atoms with van der Waals surface area (Å²) >= 11 is 6.09. The minimum atomic E-state index is -0.817. The number of carboxylic acid groups (broad SMARTS) is 1. The highest BCUT2D eigenvalue weighted by molar-refractivity contribution is 6.30. The van der Waals surface area contributed by atoms with Gasteiger partial charge in [0, 0.05) is 35.7 Å². The van der Waals surface area contributed by atoms with E-state index in [1.807, 2.05) is 31.2 Å². The molecule has 1 aromatic heterocycles. The average Bonchev–Trinajstić information content (AvgIpc) is 2.92. The van der Waals surface area contributed by atoms with Gasteiger partial charge in [-0.3, -0.25) is 4.79 Å². The highest BCUT2D eigenvalue weighted by atomic mass is 35.5. The number of carbonyl (C=O) groups is 1. The monoisotopic (exact) mass is 382 g/mol. The van der Waals surface area contributed by atoms with Crippen molar-refractivity contribution in [1.82, 2.24) is 4.57 Å². The molecule has 0 spiro atoms. The summed E-state index contributed by atoms with van der Waals surface area (Å²) in [5.74, 6) is -0.817. The number of rotatable bonds is 3. The summed E-state index contributed by atoms with van der Waals surface area (Å²) in [7, 11) is 2.10. The van der Waals surface area contributed by atoms with Crippen LogP contribution in [0.1, 0.15) is 23.7 Å². The zero-order valence-corrected chi connectivity index (χ0v) is 16.8. The van der Waals surface area contributed by atoms with E-state index in [1.54, 1.807) is 0 Å². The van der Waals surface area contributed by atoms with Crippen molar-refractivity contribution >= 4 is 34.2 Å². The molecule has 0 saturated carbocycles. The summed E-state index contributed by atoms with van der Waals surface area (Å²) in [4.78, 5) is 14.0. The fourth-order valence-electron chi connectivity index (χ4n) is 4.39. The van der Waals surface area contributed by atoms with Gasteiger partial charge in [0.2, 0.25) is 0 Å². The third-order valence-electron chi connectivity index (χ3n) is 5.83. The Labute approximate surface area is 164 Å². The molecule has 140 valence electrons. The molecule has 0 aliphatic carbocycles. The molecular weight excluding hydrogens is 360 g/mol. The molecular formula is C22H23ClN2O2. The van der Waals surface area contributed by atoms with Crippen LogP contribution in [0.15, 0.2) is 30.3 Å². The minimum Gasteiger partial charge on any atom is -0.481 e. The first kappa shape index (κ1) is 17.9. The maximum Gasteiger partial charge on any atom is 0.307 e. The van der Waals surface area contributed by atoms with E-state index in [2.05, 4.69) is 36.4 Å². The van der Waals surface area contributed by atoms with Crippen LogP contribution in [0, 0.1) is 13.8 Å². The van der Waals surface area contributed by atoms with E-state index in [1.165, 1.54) is 11.2 Å². The number of benzene rings is 2. The smallest absolute Gasteiger partial charge is 0.307 e. The number of halogens is 1. The Morgan fingerprint density at radius 3 is 2.56 bits per heavy atom. The predicted octanol–water partition coefficient (Wildman–Crippen LogP) is 5.04. The molecule has 0 radical (unpaired) electrons. The van der Waals surface area contributed by atoms with Gasteiger partial charge in [-0.2, -0.15) is 0 Å². The van der Waals surface area contributed by atoms with E-state index in [-0.39, 0.29) is 6.42 Å². The van der Waals surface area contributed by atoms with Crippen LogP contribution < -0.4 is 4.90 Å². The van der Waals surface area contributed by atoms with Crippen molar-refractivity contribution in [2.24, 2.45) is 0 Å². The van der Waals surface area contributed by atoms with Crippen molar-refractivity contribution in [3.05, 3.63) is 52.2 Å². The Kier molecular flexibility index (Phi) is 4.19. The second kappa shape index (κ2) is 6.31. The molecule has 3 aromatic rings. The fourth-order valence-corrected chi connectivity index (χ4v) is 4.51. The quantitative estimate of drug-likeness (QED) is 0.689. The molecule has 1 aliphatic heterocycles. The summed E-state index contributed by atoms with van der Waals surface area (Å²) in [6.45, 7) is 7.31. The van der Waals surface area contributed by atoms with Gasteiger partial charge in [-0.15, -0.1) is 0 Å². The van der Waals surface area contributed by atoms with Gasteiger partial charge >= 0.3 is 5.97 Å². The van der Waals surface area contributed by atoms with Crippen LogP contribution in [-0.2, 0) is 17.8 Å². The van der Waals surface area contributed by atoms with Crippen molar-refractivity contribution in [1.29, 1.82) is 0 Å². The fraction of sp³-hybridized carbons (Fsp3) is 0.318. The van der Waals surface area contributed by atoms with Gasteiger partial charge in [0.25, 0.3) is 0 Å². The normalized spacial score (nSPS) is 16.2. The lowest BCUT2D eigenvalue weighted by atomic mass is 9.88. The molecule has 0 saturated heterocycles. The van der Waals surface area contributed by atoms with Crippen LogP contribution in [0.5, 0.6) is 0 Å². The van der Waals surface area contributed by atoms with Crippen LogP contribution in [-0.4, -0.2) is 28.7 Å². The first-order valence-electron chi connectivity index (χ1n) is 9.15. The van der Waals surface area contributed by atoms with E-state index in [4.69, 9.17) is 11.6 Å². The number of aliphatic carboxylic acids is 1. The largest absolute Gasteiger partial charge is 0.481 e. The van der Waals surface area contributed by atoms with Crippen LogP contribution >= 0.6 is 11.6 Å². The molecule has 1 atom stereocenters. The summed E-state index contributed by atoms with van der Waals surface area (Å²) in [6.07, 6.45) is -0.000812. The van der Waals surface area contributed by atoms with Gasteiger partial charge in [0.05, 0.1) is 17.6 Å². The van der Waals surface area contributed by atoms with Gasteiger partial charge in [-0.25, -0.2) is 0 Å². The molecule has 0 amide bonds. The Hall–Kier alpha value is -2.46. The van der Waals surface area contributed by atoms with Crippen molar-refractivity contribution in [2.45, 2.75) is 39.8 Å². The van der Waals surface area contributed by atoms with Crippen LogP contribution in [0.4, 0.5) is 5.69 Å². The first-order chi connectivity index (χ1) is 12.8. The van der Waals surface area contributed by atoms with E-state index >= 15 is 0 Å². The van der Waals surface area contributed by atoms with Gasteiger partial charge in [0.1, 0.15) is 0 Å². The van der Waals surface area contributed by atoms with Crippen molar-refractivity contribution in [3.63, 3.8) is 0 Å². The zero-order valence-electron chi connectivity index (χ0n) is 16.0. The van der Waals surface area contributed by atoms with Crippen molar-refractivity contribution < 1.29 is 9.90 Å². The summed E-state index contributed by atoms with van der Waals surface area (Å²) in [5.41, 5.74) is 7.48. The van der Waals surface area contributed by atoms with Crippen LogP contribution in [0.2, 0.25) is 5.02 Å². The third kappa shape index (κ3) is 2.71. The third-order valence-corrected chi connectivity index (χ3v) is 6.08. The number of hydrogen-bond donors (Lipinski definition) is 1. The Morgan fingerprint density at radius 2 is 1.93 bits per heavy atom. The maximum absolute atomic E-state index is 11.7. The van der Waals surface area contributed by atoms with Gasteiger partial charge in [0.15, 0.2) is 0 Å². The number of likely N-dealkylation sites (N-methyl/N-ethyl adjacent to an activating group) is 1. The minimum absolute atomic E-state index is 0.000812. The standard InChI is InChI=1S/C22H23ClN2O2/c1-12-9-18-20(15-5-7-16(23)8-6-15)17(10-19(26)27)14(3)21-22(18)25(12)11-13(2)24(21)4/h5-9,13H,10-11H2,1-4H3,(H,26,27)/t13-/m1/s1. The van der Waals surface area contributed by atoms with Gasteiger partial charge < -0.3 is 14.6 Å². The Balaban J connectivity index is 2.15. The molecule has 0 fully saturated rings. The topological polar surface area (TPSA) is 45.5 Å². The van der Waals surface area contributed by atoms with E-state index in [0.29, 0.717) is 11.1 Å². The second-order valence-corrected chi connectivity index (χ2v) is 7.96. The van der Waals surface area contributed by atoms with Crippen molar-refractivity contribution in [2.75, 3.05) is 11.9 Å². The second-order valence-electron chi connectivity index (χ2n) is 7.52. The number of hydrogen-bond acceptors (Lipinski definition) is 2. The average molecular weight is 383 g/mol. The maximum atomic E-state index is 11.7. The first-order valence-corrected chi connectivity index (χ1v) is 9.53. The van der Waals surface area contributed by atoms with E-state index in [9.17, 15) is 9.90 Å². The molecule has 0 unspecified atom stereocenters. The molecule has 1 N–H and O–H groups in total. The van der Waals surface area contributed by atoms with Gasteiger partial charge in [-0.1, -0.05) is 23.7 Å². The molecule has 0 bridgehead atoms. The SMILES string of the molecule is Cc1c(CC(=O)O)c(-c2ccc(Cl)cc2)c2cc(C)n3c2c1N(C)[C@H](C)C3. The summed E-state index contributed by atoms with van der Waals surface area (Å²) in [5, 5.41) is 11.4. The molecule has 1 aliphatic rings. The van der Waals surface area contributed by atoms with Gasteiger partial charge in [-0.05, 0) is 61.2 Å². The highest BCUT2D eigenvalue weighted by Crippen LogP contribution is 2.45. The Morgan fingerprint density at radius 1 is 1.26 bits per heavy atom. The number of anilines is 1. The van der Waals surface area contributed by atoms with E-state index in [0.717, 1.165) is 39.9 Å². The summed E-state index contributed by atoms with van der Waals surface area (Å²) in [6, 6.07) is 10.2. The molecule has 4 rings (SSSR count). The zero-order chi connectivity index (χ0) is 19.5.